The predicted octanol–water partition coefficient (Wildman–Crippen LogP) is 3.55. The molecule has 1 heteroatoms. The van der Waals surface area contributed by atoms with Crippen molar-refractivity contribution in [3.63, 3.8) is 0 Å². The molecule has 0 radical (unpaired) electrons. The first-order chi connectivity index (χ1) is 7.56. The summed E-state index contributed by atoms with van der Waals surface area (Å²) < 4.78 is 0. The van der Waals surface area contributed by atoms with Crippen LogP contribution in [-0.4, -0.2) is 12.1 Å². The van der Waals surface area contributed by atoms with Gasteiger partial charge in [0.25, 0.3) is 0 Å². The van der Waals surface area contributed by atoms with E-state index in [0.717, 1.165) is 5.92 Å². The summed E-state index contributed by atoms with van der Waals surface area (Å²) in [6.07, 6.45) is 2.54. The first kappa shape index (κ1) is 11.7. The number of rotatable bonds is 1. The Bertz CT molecular complexity index is 360. The molecule has 0 aliphatic carbocycles. The van der Waals surface area contributed by atoms with Crippen LogP contribution < -0.4 is 5.32 Å². The van der Waals surface area contributed by atoms with Gasteiger partial charge in [0.05, 0.1) is 0 Å². The van der Waals surface area contributed by atoms with Gasteiger partial charge in [0.2, 0.25) is 0 Å². The largest absolute Gasteiger partial charge is 0.312 e. The molecule has 1 heterocycles. The minimum absolute atomic E-state index is 0.648. The number of aryl methyl sites for hydroxylation is 2. The van der Waals surface area contributed by atoms with E-state index in [1.54, 1.807) is 5.56 Å². The number of hydrogen-bond acceptors (Lipinski definition) is 1. The van der Waals surface area contributed by atoms with E-state index >= 15 is 0 Å². The highest BCUT2D eigenvalue weighted by Gasteiger charge is 2.25. The highest BCUT2D eigenvalue weighted by atomic mass is 14.9. The molecular formula is C15H23N. The quantitative estimate of drug-likeness (QED) is 0.758. The van der Waals surface area contributed by atoms with Gasteiger partial charge in [-0.25, -0.2) is 0 Å². The van der Waals surface area contributed by atoms with Gasteiger partial charge in [-0.1, -0.05) is 23.8 Å². The van der Waals surface area contributed by atoms with Crippen molar-refractivity contribution in [1.29, 1.82) is 0 Å². The SMILES string of the molecule is Cc1ccc(C2CC(C)NC(C)C2)c(C)c1. The van der Waals surface area contributed by atoms with Crippen LogP contribution in [0.15, 0.2) is 18.2 Å². The summed E-state index contributed by atoms with van der Waals surface area (Å²) in [5.74, 6) is 0.742. The van der Waals surface area contributed by atoms with E-state index in [1.165, 1.54) is 24.0 Å². The monoisotopic (exact) mass is 217 g/mol. The van der Waals surface area contributed by atoms with E-state index in [1.807, 2.05) is 0 Å². The molecule has 2 unspecified atom stereocenters. The molecule has 1 aromatic rings. The highest BCUT2D eigenvalue weighted by Crippen LogP contribution is 2.32. The van der Waals surface area contributed by atoms with Crippen molar-refractivity contribution in [2.24, 2.45) is 0 Å². The molecule has 0 saturated carbocycles. The molecule has 1 saturated heterocycles. The highest BCUT2D eigenvalue weighted by molar-refractivity contribution is 5.33. The molecule has 1 nitrogen and oxygen atoms in total. The lowest BCUT2D eigenvalue weighted by Gasteiger charge is -2.34. The standard InChI is InChI=1S/C15H23N/c1-10-5-6-15(11(2)7-10)14-8-12(3)16-13(4)9-14/h5-7,12-14,16H,8-9H2,1-4H3. The van der Waals surface area contributed by atoms with E-state index in [2.05, 4.69) is 51.2 Å². The van der Waals surface area contributed by atoms with E-state index in [0.29, 0.717) is 12.1 Å². The lowest BCUT2D eigenvalue weighted by atomic mass is 9.82. The molecular weight excluding hydrogens is 194 g/mol. The Hall–Kier alpha value is -0.820. The van der Waals surface area contributed by atoms with Crippen molar-refractivity contribution in [1.82, 2.24) is 5.32 Å². The minimum Gasteiger partial charge on any atom is -0.312 e. The fourth-order valence-electron chi connectivity index (χ4n) is 3.11. The van der Waals surface area contributed by atoms with Crippen LogP contribution in [0.25, 0.3) is 0 Å². The predicted molar refractivity (Wildman–Crippen MR) is 70.0 cm³/mol. The molecule has 2 atom stereocenters. The van der Waals surface area contributed by atoms with Crippen molar-refractivity contribution in [2.45, 2.75) is 58.5 Å². The lowest BCUT2D eigenvalue weighted by Crippen LogP contribution is -2.41. The van der Waals surface area contributed by atoms with E-state index in [-0.39, 0.29) is 0 Å². The zero-order chi connectivity index (χ0) is 11.7. The maximum Gasteiger partial charge on any atom is 0.00470 e. The van der Waals surface area contributed by atoms with E-state index in [9.17, 15) is 0 Å². The Morgan fingerprint density at radius 1 is 1.06 bits per heavy atom. The van der Waals surface area contributed by atoms with Crippen molar-refractivity contribution < 1.29 is 0 Å². The molecule has 0 bridgehead atoms. The molecule has 1 fully saturated rings. The van der Waals surface area contributed by atoms with Crippen LogP contribution >= 0.6 is 0 Å². The Labute approximate surface area is 99.3 Å². The molecule has 2 rings (SSSR count). The Balaban J connectivity index is 2.23. The van der Waals surface area contributed by atoms with Crippen LogP contribution in [0.4, 0.5) is 0 Å². The average Bonchev–Trinajstić information content (AvgIpc) is 2.15. The van der Waals surface area contributed by atoms with Crippen molar-refractivity contribution in [3.8, 4) is 0 Å². The van der Waals surface area contributed by atoms with Crippen molar-refractivity contribution in [2.75, 3.05) is 0 Å². The summed E-state index contributed by atoms with van der Waals surface area (Å²) >= 11 is 0. The van der Waals surface area contributed by atoms with Gasteiger partial charge in [0, 0.05) is 12.1 Å². The second-order valence-corrected chi connectivity index (χ2v) is 5.50. The van der Waals surface area contributed by atoms with Gasteiger partial charge < -0.3 is 5.32 Å². The van der Waals surface area contributed by atoms with Gasteiger partial charge >= 0.3 is 0 Å². The van der Waals surface area contributed by atoms with Gasteiger partial charge in [0.1, 0.15) is 0 Å². The second-order valence-electron chi connectivity index (χ2n) is 5.50. The summed E-state index contributed by atoms with van der Waals surface area (Å²) in [5, 5.41) is 3.61. The molecule has 0 aromatic heterocycles. The number of nitrogens with one attached hydrogen (secondary N) is 1. The van der Waals surface area contributed by atoms with Gasteiger partial charge in [0.15, 0.2) is 0 Å². The average molecular weight is 217 g/mol. The summed E-state index contributed by atoms with van der Waals surface area (Å²) in [6, 6.07) is 8.19. The smallest absolute Gasteiger partial charge is 0.00470 e. The normalized spacial score (nSPS) is 30.4. The first-order valence-electron chi connectivity index (χ1n) is 6.39. The second kappa shape index (κ2) is 4.58. The maximum atomic E-state index is 3.61. The fourth-order valence-corrected chi connectivity index (χ4v) is 3.11. The third kappa shape index (κ3) is 2.46. The summed E-state index contributed by atoms with van der Waals surface area (Å²) in [6.45, 7) is 9.02. The van der Waals surface area contributed by atoms with E-state index in [4.69, 9.17) is 0 Å². The number of piperidine rings is 1. The molecule has 16 heavy (non-hydrogen) atoms. The zero-order valence-corrected chi connectivity index (χ0v) is 10.9. The zero-order valence-electron chi connectivity index (χ0n) is 10.9. The van der Waals surface area contributed by atoms with Crippen LogP contribution in [0.2, 0.25) is 0 Å². The van der Waals surface area contributed by atoms with Gasteiger partial charge in [-0.3, -0.25) is 0 Å². The van der Waals surface area contributed by atoms with Crippen molar-refractivity contribution in [3.05, 3.63) is 34.9 Å². The van der Waals surface area contributed by atoms with Gasteiger partial charge in [-0.2, -0.15) is 0 Å². The summed E-state index contributed by atoms with van der Waals surface area (Å²) in [7, 11) is 0. The molecule has 0 spiro atoms. The third-order valence-corrected chi connectivity index (χ3v) is 3.71. The van der Waals surface area contributed by atoms with Crippen molar-refractivity contribution >= 4 is 0 Å². The van der Waals surface area contributed by atoms with Crippen LogP contribution in [-0.2, 0) is 0 Å². The first-order valence-corrected chi connectivity index (χ1v) is 6.39. The molecule has 1 aliphatic heterocycles. The van der Waals surface area contributed by atoms with Crippen LogP contribution in [0.3, 0.4) is 0 Å². The number of benzene rings is 1. The lowest BCUT2D eigenvalue weighted by molar-refractivity contribution is 0.316. The Morgan fingerprint density at radius 2 is 1.69 bits per heavy atom. The van der Waals surface area contributed by atoms with Gasteiger partial charge in [-0.05, 0) is 57.6 Å². The topological polar surface area (TPSA) is 12.0 Å². The summed E-state index contributed by atoms with van der Waals surface area (Å²) in [5.41, 5.74) is 4.40. The molecule has 1 N–H and O–H groups in total. The molecule has 88 valence electrons. The van der Waals surface area contributed by atoms with Crippen LogP contribution in [0, 0.1) is 13.8 Å². The molecule has 0 amide bonds. The maximum absolute atomic E-state index is 3.61. The minimum atomic E-state index is 0.648. The number of hydrogen-bond donors (Lipinski definition) is 1. The molecule has 1 aliphatic rings. The molecule has 1 aromatic carbocycles. The van der Waals surface area contributed by atoms with Gasteiger partial charge in [-0.15, -0.1) is 0 Å². The fraction of sp³-hybridized carbons (Fsp3) is 0.600. The Morgan fingerprint density at radius 3 is 2.25 bits per heavy atom. The van der Waals surface area contributed by atoms with Crippen LogP contribution in [0.1, 0.15) is 49.3 Å². The van der Waals surface area contributed by atoms with Crippen LogP contribution in [0.5, 0.6) is 0 Å². The summed E-state index contributed by atoms with van der Waals surface area (Å²) in [4.78, 5) is 0. The van der Waals surface area contributed by atoms with E-state index < -0.39 is 0 Å². The third-order valence-electron chi connectivity index (χ3n) is 3.71. The Kier molecular flexibility index (Phi) is 3.34.